The SMILES string of the molecule is C[C@H](N[P@](=O)(CO[C@@H]1C=C(F)[C@H](n2cnc3c(N)ncnc32)O1)Oc1ccccc1)C(=O)OC(=O)CC(O)(CC(=O)O)C(=O)O. The molecule has 20 heteroatoms. The lowest BCUT2D eigenvalue weighted by molar-refractivity contribution is -0.174. The second-order valence-corrected chi connectivity index (χ2v) is 11.6. The van der Waals surface area contributed by atoms with Crippen molar-refractivity contribution in [1.82, 2.24) is 24.6 Å². The van der Waals surface area contributed by atoms with Gasteiger partial charge in [0, 0.05) is 6.08 Å². The number of hydrogen-bond donors (Lipinski definition) is 5. The summed E-state index contributed by atoms with van der Waals surface area (Å²) in [7, 11) is -4.26. The number of carbonyl (C=O) groups excluding carboxylic acids is 2. The highest BCUT2D eigenvalue weighted by Gasteiger charge is 2.42. The summed E-state index contributed by atoms with van der Waals surface area (Å²) in [4.78, 5) is 58.9. The molecular formula is C25H26FN6O12P. The number of aliphatic carboxylic acids is 2. The van der Waals surface area contributed by atoms with Crippen molar-refractivity contribution in [3.05, 3.63) is 54.9 Å². The summed E-state index contributed by atoms with van der Waals surface area (Å²) in [6, 6.07) is 6.08. The molecule has 0 aliphatic carbocycles. The molecule has 0 amide bonds. The standard InChI is InChI=1S/C25H26FN6O12P/c1-13(23(36)42-17(35)9-25(39,24(37)38)8-16(33)34)31-45(40,44-14-5-3-2-4-6-14)12-41-18-7-15(26)22(43-18)32-11-30-19-20(27)28-10-29-21(19)32/h2-7,10-11,13,18,22,39H,8-9,12H2,1H3,(H,31,40)(H,33,34)(H,37,38)(H2,27,28,29)/t13-,18-,22+,25?,45-/m0/s1. The van der Waals surface area contributed by atoms with Gasteiger partial charge in [-0.2, -0.15) is 0 Å². The van der Waals surface area contributed by atoms with Crippen LogP contribution in [0.4, 0.5) is 10.2 Å². The first-order valence-corrected chi connectivity index (χ1v) is 14.6. The van der Waals surface area contributed by atoms with E-state index in [0.29, 0.717) is 0 Å². The second-order valence-electron chi connectivity index (χ2n) is 9.59. The van der Waals surface area contributed by atoms with Gasteiger partial charge in [0.2, 0.25) is 0 Å². The molecule has 1 aliphatic rings. The Hall–Kier alpha value is -4.81. The number of anilines is 1. The number of carboxylic acid groups (broad SMARTS) is 2. The number of nitrogens with two attached hydrogens (primary N) is 1. The minimum Gasteiger partial charge on any atom is -0.481 e. The van der Waals surface area contributed by atoms with Crippen molar-refractivity contribution in [2.75, 3.05) is 12.1 Å². The van der Waals surface area contributed by atoms with Crippen LogP contribution in [-0.4, -0.2) is 83.0 Å². The Labute approximate surface area is 252 Å². The Bertz CT molecular complexity index is 1690. The number of halogens is 1. The smallest absolute Gasteiger partial charge is 0.342 e. The zero-order chi connectivity index (χ0) is 32.9. The molecule has 1 unspecified atom stereocenters. The van der Waals surface area contributed by atoms with Crippen LogP contribution in [0.1, 0.15) is 26.0 Å². The van der Waals surface area contributed by atoms with Crippen LogP contribution in [0.2, 0.25) is 0 Å². The Morgan fingerprint density at radius 2 is 1.89 bits per heavy atom. The average Bonchev–Trinajstić information content (AvgIpc) is 3.55. The summed E-state index contributed by atoms with van der Waals surface area (Å²) in [5, 5.41) is 30.3. The van der Waals surface area contributed by atoms with Crippen LogP contribution in [-0.2, 0) is 38.0 Å². The summed E-state index contributed by atoms with van der Waals surface area (Å²) < 4.78 is 51.2. The monoisotopic (exact) mass is 652 g/mol. The van der Waals surface area contributed by atoms with Gasteiger partial charge in [-0.15, -0.1) is 0 Å². The van der Waals surface area contributed by atoms with Crippen molar-refractivity contribution < 1.29 is 62.2 Å². The molecule has 18 nitrogen and oxygen atoms in total. The highest BCUT2D eigenvalue weighted by molar-refractivity contribution is 7.57. The minimum atomic E-state index is -4.26. The molecule has 1 aromatic carbocycles. The predicted octanol–water partition coefficient (Wildman–Crippen LogP) is 1.09. The van der Waals surface area contributed by atoms with Crippen molar-refractivity contribution in [2.24, 2.45) is 0 Å². The Balaban J connectivity index is 1.44. The van der Waals surface area contributed by atoms with Gasteiger partial charge in [0.05, 0.1) is 19.2 Å². The molecule has 0 fully saturated rings. The molecule has 0 spiro atoms. The highest BCUT2D eigenvalue weighted by atomic mass is 31.2. The lowest BCUT2D eigenvalue weighted by Crippen LogP contribution is -2.44. The number of nitrogen functional groups attached to an aromatic ring is 1. The van der Waals surface area contributed by atoms with Crippen molar-refractivity contribution in [1.29, 1.82) is 0 Å². The molecule has 0 saturated carbocycles. The molecule has 2 aromatic heterocycles. The fourth-order valence-electron chi connectivity index (χ4n) is 3.97. The molecule has 0 radical (unpaired) electrons. The largest absolute Gasteiger partial charge is 0.481 e. The van der Waals surface area contributed by atoms with E-state index in [1.54, 1.807) is 18.2 Å². The number of ether oxygens (including phenoxy) is 3. The maximum atomic E-state index is 14.9. The number of nitrogens with one attached hydrogen (secondary N) is 1. The minimum absolute atomic E-state index is 0.0613. The molecule has 240 valence electrons. The van der Waals surface area contributed by atoms with Gasteiger partial charge in [0.15, 0.2) is 41.8 Å². The average molecular weight is 652 g/mol. The number of imidazole rings is 1. The molecule has 4 rings (SSSR count). The van der Waals surface area contributed by atoms with E-state index >= 15 is 0 Å². The summed E-state index contributed by atoms with van der Waals surface area (Å²) in [5.41, 5.74) is 3.10. The molecule has 0 bridgehead atoms. The number of aliphatic hydroxyl groups is 1. The number of nitrogens with zero attached hydrogens (tertiary/aromatic N) is 4. The van der Waals surface area contributed by atoms with Gasteiger partial charge in [0.1, 0.15) is 23.6 Å². The van der Waals surface area contributed by atoms with E-state index in [0.717, 1.165) is 19.3 Å². The molecule has 3 aromatic rings. The third kappa shape index (κ3) is 8.02. The van der Waals surface area contributed by atoms with Gasteiger partial charge in [-0.05, 0) is 19.1 Å². The van der Waals surface area contributed by atoms with Crippen LogP contribution in [0.15, 0.2) is 54.9 Å². The van der Waals surface area contributed by atoms with E-state index in [1.165, 1.54) is 23.0 Å². The van der Waals surface area contributed by atoms with Crippen molar-refractivity contribution in [3.63, 3.8) is 0 Å². The summed E-state index contributed by atoms with van der Waals surface area (Å²) >= 11 is 0. The highest BCUT2D eigenvalue weighted by Crippen LogP contribution is 2.45. The summed E-state index contributed by atoms with van der Waals surface area (Å²) in [5.74, 6) is -7.37. The van der Waals surface area contributed by atoms with Crippen molar-refractivity contribution >= 4 is 48.4 Å². The van der Waals surface area contributed by atoms with Gasteiger partial charge < -0.3 is 39.8 Å². The van der Waals surface area contributed by atoms with Crippen molar-refractivity contribution in [3.8, 4) is 5.75 Å². The van der Waals surface area contributed by atoms with E-state index in [4.69, 9.17) is 29.9 Å². The second kappa shape index (κ2) is 13.4. The van der Waals surface area contributed by atoms with Crippen LogP contribution in [0, 0.1) is 0 Å². The fraction of sp³-hybridized carbons (Fsp3) is 0.320. The van der Waals surface area contributed by atoms with Gasteiger partial charge >= 0.3 is 31.4 Å². The number of rotatable bonds is 14. The maximum absolute atomic E-state index is 14.9. The first kappa shape index (κ1) is 33.1. The van der Waals surface area contributed by atoms with E-state index in [2.05, 4.69) is 24.8 Å². The normalized spacial score (nSPS) is 19.6. The predicted molar refractivity (Wildman–Crippen MR) is 147 cm³/mol. The third-order valence-electron chi connectivity index (χ3n) is 6.08. The van der Waals surface area contributed by atoms with Gasteiger partial charge in [-0.3, -0.25) is 18.7 Å². The topological polar surface area (TPSA) is 265 Å². The van der Waals surface area contributed by atoms with E-state index in [9.17, 15) is 33.2 Å². The molecule has 6 N–H and O–H groups in total. The van der Waals surface area contributed by atoms with Crippen LogP contribution in [0.3, 0.4) is 0 Å². The Kier molecular flexibility index (Phi) is 9.89. The molecule has 1 aliphatic heterocycles. The number of hydrogen-bond acceptors (Lipinski definition) is 14. The third-order valence-corrected chi connectivity index (χ3v) is 7.85. The van der Waals surface area contributed by atoms with Gasteiger partial charge in [0.25, 0.3) is 0 Å². The number of esters is 2. The van der Waals surface area contributed by atoms with E-state index in [1.807, 2.05) is 0 Å². The van der Waals surface area contributed by atoms with E-state index < -0.39 is 80.6 Å². The number of aromatic nitrogens is 4. The lowest BCUT2D eigenvalue weighted by atomic mass is 9.96. The van der Waals surface area contributed by atoms with Crippen molar-refractivity contribution in [2.45, 2.75) is 43.9 Å². The van der Waals surface area contributed by atoms with Crippen LogP contribution >= 0.6 is 7.52 Å². The Morgan fingerprint density at radius 1 is 1.18 bits per heavy atom. The molecule has 5 atom stereocenters. The molecule has 0 saturated heterocycles. The zero-order valence-corrected chi connectivity index (χ0v) is 24.1. The lowest BCUT2D eigenvalue weighted by Gasteiger charge is -2.25. The Morgan fingerprint density at radius 3 is 2.56 bits per heavy atom. The number of carboxylic acids is 2. The number of para-hydroxylation sites is 1. The molecular weight excluding hydrogens is 626 g/mol. The summed E-state index contributed by atoms with van der Waals surface area (Å²) in [6.45, 7) is 1.12. The van der Waals surface area contributed by atoms with Crippen LogP contribution in [0.25, 0.3) is 11.2 Å². The van der Waals surface area contributed by atoms with Crippen LogP contribution in [0.5, 0.6) is 5.75 Å². The summed E-state index contributed by atoms with van der Waals surface area (Å²) in [6.07, 6.45) is -2.99. The maximum Gasteiger partial charge on any atom is 0.342 e. The first-order valence-electron chi connectivity index (χ1n) is 12.8. The number of benzene rings is 1. The zero-order valence-electron chi connectivity index (χ0n) is 23.2. The number of fused-ring (bicyclic) bond motifs is 1. The van der Waals surface area contributed by atoms with Gasteiger partial charge in [-0.1, -0.05) is 18.2 Å². The molecule has 45 heavy (non-hydrogen) atoms. The quantitative estimate of drug-likeness (QED) is 0.0926. The fourth-order valence-corrected chi connectivity index (χ4v) is 5.65. The molecule has 3 heterocycles. The first-order chi connectivity index (χ1) is 21.2. The van der Waals surface area contributed by atoms with Gasteiger partial charge in [-0.25, -0.2) is 34.0 Å². The van der Waals surface area contributed by atoms with E-state index in [-0.39, 0.29) is 22.7 Å². The number of carbonyl (C=O) groups is 4. The van der Waals surface area contributed by atoms with Crippen LogP contribution < -0.4 is 15.3 Å².